The Morgan fingerprint density at radius 1 is 0.936 bits per heavy atom. The van der Waals surface area contributed by atoms with E-state index >= 15 is 13.2 Å². The number of nitrogens with two attached hydrogens (primary N) is 1. The molecular weight excluding hydrogens is 1030 g/mol. The van der Waals surface area contributed by atoms with E-state index in [1.54, 1.807) is 37.6 Å². The highest BCUT2D eigenvalue weighted by atomic mass is 32.1. The fourth-order valence-electron chi connectivity index (χ4n) is 10.0. The molecule has 0 aliphatic carbocycles. The number of H-pyrrole nitrogens is 1. The number of ether oxygens (including phenoxy) is 5. The number of aromatic nitrogens is 2. The fraction of sp³-hybridized carbons (Fsp3) is 0.534. The number of rotatable bonds is 25. The molecule has 3 aromatic carbocycles. The van der Waals surface area contributed by atoms with Crippen molar-refractivity contribution < 1.29 is 56.0 Å². The monoisotopic (exact) mass is 1100 g/mol. The lowest BCUT2D eigenvalue weighted by atomic mass is 9.85. The van der Waals surface area contributed by atoms with Gasteiger partial charge in [0.2, 0.25) is 17.7 Å². The second kappa shape index (κ2) is 26.4. The normalized spacial score (nSPS) is 19.1. The summed E-state index contributed by atoms with van der Waals surface area (Å²) < 4.78 is 75.6. The van der Waals surface area contributed by atoms with E-state index < -0.39 is 76.7 Å². The van der Waals surface area contributed by atoms with Gasteiger partial charge in [-0.25, -0.2) is 18.2 Å². The summed E-state index contributed by atoms with van der Waals surface area (Å²) in [4.78, 5) is 66.7. The van der Waals surface area contributed by atoms with Crippen molar-refractivity contribution >= 4 is 45.9 Å². The van der Waals surface area contributed by atoms with Gasteiger partial charge in [-0.05, 0) is 68.2 Å². The first-order chi connectivity index (χ1) is 37.0. The predicted molar refractivity (Wildman–Crippen MR) is 292 cm³/mol. The maximum Gasteiger partial charge on any atom is 0.323 e. The summed E-state index contributed by atoms with van der Waals surface area (Å²) in [6, 6.07) is 13.7. The molecule has 2 aliphatic heterocycles. The molecule has 78 heavy (non-hydrogen) atoms. The molecule has 4 heterocycles. The Hall–Kier alpha value is -5.90. The molecule has 16 nitrogen and oxygen atoms in total. The van der Waals surface area contributed by atoms with Crippen LogP contribution in [0.2, 0.25) is 0 Å². The van der Waals surface area contributed by atoms with Gasteiger partial charge in [-0.15, -0.1) is 11.3 Å². The fourth-order valence-corrected chi connectivity index (χ4v) is 10.8. The van der Waals surface area contributed by atoms with Crippen LogP contribution in [0, 0.1) is 29.9 Å². The average Bonchev–Trinajstić information content (AvgIpc) is 4.24. The smallest absolute Gasteiger partial charge is 0.323 e. The molecule has 0 radical (unpaired) electrons. The highest BCUT2D eigenvalue weighted by molar-refractivity contribution is 7.13. The third kappa shape index (κ3) is 15.1. The lowest BCUT2D eigenvalue weighted by molar-refractivity contribution is -0.152. The standard InChI is InChI=1S/C58H76F3N7O9S/c1-10-34(2)49(62)56(72)77-40-28-46(54(70)63-29-37-15-17-38(18-16-37)52-36(4)64-33-78-52)67(30-40)55(71)53(57(5,6)7)66-47(69)31-75-22-21-73-19-20-74-23-24-76-39-26-43(59)48(44(60)27-39)51-50-42(41-13-11-12-14-45(41)65-50)25-35(3)68(51)32-58(8,9)61/h11-18,26-27,33-35,40,46,49,51,53,65H,10,19-25,28-32,62H2,1-9H3,(H,63,70)(H,66,69)/t34-,35+,40+,46-,49-,51+,53+/m0/s1. The summed E-state index contributed by atoms with van der Waals surface area (Å²) in [6.07, 6.45) is 0.487. The SMILES string of the molecule is CC[C@H](C)[C@H](N)C(=O)O[C@@H]1C[C@@H](C(=O)NCc2ccc(-c3scnc3C)cc2)N(C(=O)[C@@H](NC(=O)COCCOCCOCCOc2cc(F)c([C@@H]3c4[nH]c5ccccc5c4C[C@@H](C)N3CC(C)(C)F)c(F)c2)C(C)(C)C)C1. The lowest BCUT2D eigenvalue weighted by Crippen LogP contribution is -2.58. The summed E-state index contributed by atoms with van der Waals surface area (Å²) in [5, 5.41) is 6.73. The van der Waals surface area contributed by atoms with Crippen LogP contribution in [0.4, 0.5) is 13.2 Å². The maximum atomic E-state index is 16.1. The van der Waals surface area contributed by atoms with Crippen LogP contribution in [-0.4, -0.2) is 139 Å². The molecule has 0 saturated carbocycles. The summed E-state index contributed by atoms with van der Waals surface area (Å²) in [6.45, 7) is 16.3. The van der Waals surface area contributed by atoms with Crippen LogP contribution in [0.5, 0.6) is 5.75 Å². The van der Waals surface area contributed by atoms with Gasteiger partial charge in [0.15, 0.2) is 0 Å². The van der Waals surface area contributed by atoms with Crippen LogP contribution >= 0.6 is 11.3 Å². The molecule has 1 saturated heterocycles. The number of hydrogen-bond donors (Lipinski definition) is 4. The van der Waals surface area contributed by atoms with Gasteiger partial charge in [0, 0.05) is 59.8 Å². The third-order valence-corrected chi connectivity index (χ3v) is 15.4. The highest BCUT2D eigenvalue weighted by Crippen LogP contribution is 2.44. The van der Waals surface area contributed by atoms with E-state index in [0.717, 1.165) is 50.3 Å². The van der Waals surface area contributed by atoms with Crippen molar-refractivity contribution in [1.29, 1.82) is 0 Å². The van der Waals surface area contributed by atoms with Gasteiger partial charge in [-0.3, -0.25) is 24.1 Å². The highest BCUT2D eigenvalue weighted by Gasteiger charge is 2.47. The van der Waals surface area contributed by atoms with Crippen molar-refractivity contribution in [3.63, 3.8) is 0 Å². The molecule has 5 aromatic rings. The number of carbonyl (C=O) groups is 4. The van der Waals surface area contributed by atoms with Gasteiger partial charge >= 0.3 is 5.97 Å². The van der Waals surface area contributed by atoms with Crippen LogP contribution < -0.4 is 21.1 Å². The van der Waals surface area contributed by atoms with E-state index in [4.69, 9.17) is 29.4 Å². The van der Waals surface area contributed by atoms with E-state index in [-0.39, 0.29) is 95.6 Å². The van der Waals surface area contributed by atoms with Gasteiger partial charge in [-0.2, -0.15) is 0 Å². The Morgan fingerprint density at radius 2 is 1.59 bits per heavy atom. The topological polar surface area (TPSA) is 200 Å². The molecule has 0 unspecified atom stereocenters. The minimum Gasteiger partial charge on any atom is -0.491 e. The molecule has 0 bridgehead atoms. The van der Waals surface area contributed by atoms with Crippen molar-refractivity contribution in [1.82, 2.24) is 30.4 Å². The van der Waals surface area contributed by atoms with Crippen molar-refractivity contribution in [3.8, 4) is 16.2 Å². The number of likely N-dealkylation sites (tertiary alicyclic amines) is 1. The number of amides is 3. The number of benzene rings is 3. The molecule has 5 N–H and O–H groups in total. The first kappa shape index (κ1) is 59.8. The van der Waals surface area contributed by atoms with Crippen molar-refractivity contribution in [2.75, 3.05) is 59.3 Å². The summed E-state index contributed by atoms with van der Waals surface area (Å²) in [7, 11) is 0. The first-order valence-corrected chi connectivity index (χ1v) is 27.6. The molecule has 3 amide bonds. The number of halogens is 3. The number of esters is 1. The summed E-state index contributed by atoms with van der Waals surface area (Å²) >= 11 is 1.55. The molecular formula is C58H76F3N7O9S. The van der Waals surface area contributed by atoms with E-state index in [1.165, 1.54) is 18.7 Å². The number of alkyl halides is 1. The molecule has 2 aromatic heterocycles. The van der Waals surface area contributed by atoms with Gasteiger partial charge < -0.3 is 49.9 Å². The van der Waals surface area contributed by atoms with E-state index in [0.29, 0.717) is 18.5 Å². The zero-order valence-electron chi connectivity index (χ0n) is 46.2. The number of nitrogens with zero attached hydrogens (tertiary/aromatic N) is 3. The third-order valence-electron chi connectivity index (χ3n) is 14.4. The molecule has 20 heteroatoms. The minimum absolute atomic E-state index is 0.000113. The Labute approximate surface area is 459 Å². The van der Waals surface area contributed by atoms with Crippen LogP contribution in [0.25, 0.3) is 21.3 Å². The summed E-state index contributed by atoms with van der Waals surface area (Å²) in [5.41, 5.74) is 10.6. The number of fused-ring (bicyclic) bond motifs is 3. The molecule has 2 aliphatic rings. The molecule has 7 atom stereocenters. The predicted octanol–water partition coefficient (Wildman–Crippen LogP) is 8.12. The zero-order valence-corrected chi connectivity index (χ0v) is 47.0. The van der Waals surface area contributed by atoms with Gasteiger partial charge in [0.1, 0.15) is 60.5 Å². The number of thiazole rings is 1. The van der Waals surface area contributed by atoms with Crippen LogP contribution in [0.15, 0.2) is 66.2 Å². The van der Waals surface area contributed by atoms with E-state index in [2.05, 4.69) is 20.6 Å². The number of carbonyl (C=O) groups excluding carboxylic acids is 4. The van der Waals surface area contributed by atoms with Gasteiger partial charge in [-0.1, -0.05) is 83.5 Å². The van der Waals surface area contributed by atoms with E-state index in [1.807, 2.05) is 81.1 Å². The average molecular weight is 1100 g/mol. The second-order valence-corrected chi connectivity index (χ2v) is 23.0. The maximum absolute atomic E-state index is 16.1. The largest absolute Gasteiger partial charge is 0.491 e. The quantitative estimate of drug-likeness (QED) is 0.0324. The molecule has 7 rings (SSSR count). The Bertz CT molecular complexity index is 2830. The molecule has 1 fully saturated rings. The number of nitrogens with one attached hydrogen (secondary N) is 3. The number of aryl methyl sites for hydroxylation is 1. The van der Waals surface area contributed by atoms with Crippen molar-refractivity contribution in [2.45, 2.75) is 130 Å². The molecule has 424 valence electrons. The van der Waals surface area contributed by atoms with E-state index in [9.17, 15) is 19.2 Å². The van der Waals surface area contributed by atoms with Gasteiger partial charge in [0.05, 0.1) is 61.7 Å². The number of hydrogen-bond acceptors (Lipinski definition) is 13. The summed E-state index contributed by atoms with van der Waals surface area (Å²) in [5.74, 6) is -3.89. The number of aromatic amines is 1. The first-order valence-electron chi connectivity index (χ1n) is 26.8. The Morgan fingerprint density at radius 3 is 2.22 bits per heavy atom. The zero-order chi connectivity index (χ0) is 56.5. The Kier molecular flexibility index (Phi) is 20.2. The number of para-hydroxylation sites is 1. The molecule has 0 spiro atoms. The second-order valence-electron chi connectivity index (χ2n) is 22.1. The van der Waals surface area contributed by atoms with Crippen LogP contribution in [0.1, 0.15) is 102 Å². The van der Waals surface area contributed by atoms with Gasteiger partial charge in [0.25, 0.3) is 0 Å². The minimum atomic E-state index is -1.62. The van der Waals surface area contributed by atoms with Crippen LogP contribution in [-0.2, 0) is 51.1 Å². The lowest BCUT2D eigenvalue weighted by Gasteiger charge is -2.43. The van der Waals surface area contributed by atoms with Crippen molar-refractivity contribution in [2.24, 2.45) is 17.1 Å². The Balaban J connectivity index is 0.852. The van der Waals surface area contributed by atoms with Crippen LogP contribution in [0.3, 0.4) is 0 Å². The van der Waals surface area contributed by atoms with Crippen molar-refractivity contribution in [3.05, 3.63) is 106 Å².